The SMILES string of the molecule is CCNC(=NCc1ccccc1C)NCC(O)COCc1ccccc1.I. The summed E-state index contributed by atoms with van der Waals surface area (Å²) in [5.74, 6) is 0.692. The number of aliphatic hydroxyl groups excluding tert-OH is 1. The normalized spacial score (nSPS) is 12.2. The molecule has 0 heterocycles. The van der Waals surface area contributed by atoms with E-state index in [1.54, 1.807) is 0 Å². The zero-order valence-corrected chi connectivity index (χ0v) is 18.4. The second-order valence-corrected chi connectivity index (χ2v) is 6.16. The molecule has 0 spiro atoms. The van der Waals surface area contributed by atoms with E-state index in [1.807, 2.05) is 49.4 Å². The Hall–Kier alpha value is -1.64. The summed E-state index contributed by atoms with van der Waals surface area (Å²) in [6.45, 7) is 6.62. The first kappa shape index (κ1) is 23.4. The number of aliphatic imine (C=N–C) groups is 1. The van der Waals surface area contributed by atoms with Gasteiger partial charge in [0, 0.05) is 13.1 Å². The predicted molar refractivity (Wildman–Crippen MR) is 122 cm³/mol. The van der Waals surface area contributed by atoms with Gasteiger partial charge in [-0.1, -0.05) is 54.6 Å². The van der Waals surface area contributed by atoms with E-state index in [4.69, 9.17) is 4.74 Å². The zero-order chi connectivity index (χ0) is 18.6. The number of ether oxygens (including phenoxy) is 1. The maximum Gasteiger partial charge on any atom is 0.191 e. The Labute approximate surface area is 179 Å². The van der Waals surface area contributed by atoms with E-state index in [9.17, 15) is 5.11 Å². The highest BCUT2D eigenvalue weighted by atomic mass is 127. The summed E-state index contributed by atoms with van der Waals surface area (Å²) in [4.78, 5) is 4.59. The molecule has 3 N–H and O–H groups in total. The Morgan fingerprint density at radius 3 is 2.48 bits per heavy atom. The molecule has 27 heavy (non-hydrogen) atoms. The van der Waals surface area contributed by atoms with Crippen LogP contribution in [0.4, 0.5) is 0 Å². The highest BCUT2D eigenvalue weighted by molar-refractivity contribution is 14.0. The molecule has 0 fully saturated rings. The Balaban J connectivity index is 0.00000364. The fourth-order valence-electron chi connectivity index (χ4n) is 2.45. The Morgan fingerprint density at radius 1 is 1.07 bits per heavy atom. The maximum absolute atomic E-state index is 10.1. The van der Waals surface area contributed by atoms with Crippen molar-refractivity contribution in [3.63, 3.8) is 0 Å². The largest absolute Gasteiger partial charge is 0.389 e. The first-order chi connectivity index (χ1) is 12.7. The maximum atomic E-state index is 10.1. The van der Waals surface area contributed by atoms with Crippen molar-refractivity contribution in [3.05, 3.63) is 71.3 Å². The molecule has 0 aliphatic heterocycles. The zero-order valence-electron chi connectivity index (χ0n) is 16.0. The van der Waals surface area contributed by atoms with Crippen LogP contribution >= 0.6 is 24.0 Å². The molecule has 0 radical (unpaired) electrons. The van der Waals surface area contributed by atoms with Gasteiger partial charge in [-0.3, -0.25) is 0 Å². The molecule has 0 aliphatic carbocycles. The molecule has 0 amide bonds. The van der Waals surface area contributed by atoms with Crippen molar-refractivity contribution in [3.8, 4) is 0 Å². The lowest BCUT2D eigenvalue weighted by atomic mass is 10.1. The molecule has 1 unspecified atom stereocenters. The number of benzene rings is 2. The number of rotatable bonds is 9. The van der Waals surface area contributed by atoms with E-state index in [2.05, 4.69) is 34.7 Å². The van der Waals surface area contributed by atoms with Gasteiger partial charge in [0.25, 0.3) is 0 Å². The molecular weight excluding hydrogens is 453 g/mol. The van der Waals surface area contributed by atoms with Crippen molar-refractivity contribution in [2.24, 2.45) is 4.99 Å². The van der Waals surface area contributed by atoms with Crippen LogP contribution in [-0.4, -0.2) is 36.9 Å². The summed E-state index contributed by atoms with van der Waals surface area (Å²) in [5.41, 5.74) is 3.51. The van der Waals surface area contributed by atoms with Crippen LogP contribution < -0.4 is 10.6 Å². The van der Waals surface area contributed by atoms with E-state index >= 15 is 0 Å². The van der Waals surface area contributed by atoms with Crippen molar-refractivity contribution in [1.29, 1.82) is 0 Å². The Morgan fingerprint density at radius 2 is 1.78 bits per heavy atom. The molecule has 0 saturated carbocycles. The van der Waals surface area contributed by atoms with Crippen molar-refractivity contribution in [2.45, 2.75) is 33.1 Å². The average molecular weight is 483 g/mol. The molecule has 148 valence electrons. The van der Waals surface area contributed by atoms with Gasteiger partial charge >= 0.3 is 0 Å². The lowest BCUT2D eigenvalue weighted by Gasteiger charge is -2.15. The third kappa shape index (κ3) is 9.21. The van der Waals surface area contributed by atoms with Crippen LogP contribution in [0.1, 0.15) is 23.6 Å². The fraction of sp³-hybridized carbons (Fsp3) is 0.381. The minimum absolute atomic E-state index is 0. The molecular formula is C21H30IN3O2. The Bertz CT molecular complexity index is 680. The molecule has 6 heteroatoms. The third-order valence-corrected chi connectivity index (χ3v) is 3.94. The number of aliphatic hydroxyl groups is 1. The fourth-order valence-corrected chi connectivity index (χ4v) is 2.45. The van der Waals surface area contributed by atoms with Gasteiger partial charge in [-0.15, -0.1) is 24.0 Å². The summed E-state index contributed by atoms with van der Waals surface area (Å²) in [7, 11) is 0. The standard InChI is InChI=1S/C21H29N3O2.HI/c1-3-22-21(23-13-19-12-8-7-9-17(19)2)24-14-20(25)16-26-15-18-10-5-4-6-11-18;/h4-12,20,25H,3,13-16H2,1-2H3,(H2,22,23,24);1H. The van der Waals surface area contributed by atoms with Crippen molar-refractivity contribution in [2.75, 3.05) is 19.7 Å². The van der Waals surface area contributed by atoms with Crippen LogP contribution in [0.15, 0.2) is 59.6 Å². The van der Waals surface area contributed by atoms with Crippen molar-refractivity contribution >= 4 is 29.9 Å². The number of guanidine groups is 1. The van der Waals surface area contributed by atoms with Crippen LogP contribution in [-0.2, 0) is 17.9 Å². The minimum Gasteiger partial charge on any atom is -0.389 e. The summed E-state index contributed by atoms with van der Waals surface area (Å²) in [6, 6.07) is 18.1. The summed E-state index contributed by atoms with van der Waals surface area (Å²) < 4.78 is 5.57. The summed E-state index contributed by atoms with van der Waals surface area (Å²) in [5, 5.41) is 16.5. The van der Waals surface area contributed by atoms with Gasteiger partial charge in [0.05, 0.1) is 25.9 Å². The first-order valence-corrected chi connectivity index (χ1v) is 9.05. The van der Waals surface area contributed by atoms with E-state index in [-0.39, 0.29) is 30.6 Å². The summed E-state index contributed by atoms with van der Waals surface area (Å²) >= 11 is 0. The van der Waals surface area contributed by atoms with E-state index in [0.29, 0.717) is 25.7 Å². The van der Waals surface area contributed by atoms with Crippen LogP contribution in [0.25, 0.3) is 0 Å². The molecule has 2 aromatic carbocycles. The van der Waals surface area contributed by atoms with Gasteiger partial charge in [0.1, 0.15) is 0 Å². The lowest BCUT2D eigenvalue weighted by Crippen LogP contribution is -2.42. The number of nitrogens with zero attached hydrogens (tertiary/aromatic N) is 1. The quantitative estimate of drug-likeness (QED) is 0.291. The van der Waals surface area contributed by atoms with Crippen LogP contribution in [0.5, 0.6) is 0 Å². The monoisotopic (exact) mass is 483 g/mol. The van der Waals surface area contributed by atoms with Gasteiger partial charge in [-0.2, -0.15) is 0 Å². The third-order valence-electron chi connectivity index (χ3n) is 3.94. The number of hydrogen-bond donors (Lipinski definition) is 3. The predicted octanol–water partition coefficient (Wildman–Crippen LogP) is 3.25. The molecule has 0 aromatic heterocycles. The lowest BCUT2D eigenvalue weighted by molar-refractivity contribution is 0.0308. The second kappa shape index (κ2) is 13.5. The molecule has 2 rings (SSSR count). The van der Waals surface area contributed by atoms with E-state index in [1.165, 1.54) is 11.1 Å². The van der Waals surface area contributed by atoms with Gasteiger partial charge < -0.3 is 20.5 Å². The highest BCUT2D eigenvalue weighted by Gasteiger charge is 2.06. The van der Waals surface area contributed by atoms with Crippen molar-refractivity contribution < 1.29 is 9.84 Å². The molecule has 0 saturated heterocycles. The van der Waals surface area contributed by atoms with Crippen LogP contribution in [0.2, 0.25) is 0 Å². The number of halogens is 1. The molecule has 0 bridgehead atoms. The molecule has 1 atom stereocenters. The van der Waals surface area contributed by atoms with Crippen LogP contribution in [0, 0.1) is 6.92 Å². The van der Waals surface area contributed by atoms with Gasteiger partial charge in [0.2, 0.25) is 0 Å². The smallest absolute Gasteiger partial charge is 0.191 e. The van der Waals surface area contributed by atoms with E-state index in [0.717, 1.165) is 12.1 Å². The molecule has 2 aromatic rings. The highest BCUT2D eigenvalue weighted by Crippen LogP contribution is 2.07. The average Bonchev–Trinajstić information content (AvgIpc) is 2.66. The van der Waals surface area contributed by atoms with E-state index < -0.39 is 6.10 Å². The number of nitrogens with one attached hydrogen (secondary N) is 2. The second-order valence-electron chi connectivity index (χ2n) is 6.16. The number of aryl methyl sites for hydroxylation is 1. The van der Waals surface area contributed by atoms with Gasteiger partial charge in [0.15, 0.2) is 5.96 Å². The van der Waals surface area contributed by atoms with Crippen LogP contribution in [0.3, 0.4) is 0 Å². The minimum atomic E-state index is -0.596. The number of hydrogen-bond acceptors (Lipinski definition) is 3. The summed E-state index contributed by atoms with van der Waals surface area (Å²) in [6.07, 6.45) is -0.596. The topological polar surface area (TPSA) is 65.9 Å². The van der Waals surface area contributed by atoms with Gasteiger partial charge in [-0.05, 0) is 30.5 Å². The Kier molecular flexibility index (Phi) is 11.7. The molecule has 5 nitrogen and oxygen atoms in total. The van der Waals surface area contributed by atoms with Gasteiger partial charge in [-0.25, -0.2) is 4.99 Å². The van der Waals surface area contributed by atoms with Crippen molar-refractivity contribution in [1.82, 2.24) is 10.6 Å². The first-order valence-electron chi connectivity index (χ1n) is 9.05. The molecule has 0 aliphatic rings.